The van der Waals surface area contributed by atoms with Crippen LogP contribution in [0.3, 0.4) is 0 Å². The zero-order valence-electron chi connectivity index (χ0n) is 9.53. The lowest BCUT2D eigenvalue weighted by molar-refractivity contribution is -0.122. The Labute approximate surface area is 99.4 Å². The summed E-state index contributed by atoms with van der Waals surface area (Å²) in [7, 11) is 0. The molecule has 1 heterocycles. The van der Waals surface area contributed by atoms with E-state index in [1.54, 1.807) is 12.1 Å². The number of rotatable bonds is 2. The van der Waals surface area contributed by atoms with Crippen LogP contribution in [0.15, 0.2) is 18.2 Å². The summed E-state index contributed by atoms with van der Waals surface area (Å²) in [6.45, 7) is 1.37. The van der Waals surface area contributed by atoms with E-state index in [2.05, 4.69) is 0 Å². The number of nitrogen functional groups attached to an aromatic ring is 1. The SMILES string of the molecule is NC(=O)[C@@H]1CCCN(c2ccc(N)c(F)c2)C1. The first-order valence-corrected chi connectivity index (χ1v) is 5.67. The second-order valence-corrected chi connectivity index (χ2v) is 4.39. The molecule has 2 rings (SSSR count). The molecule has 1 aromatic carbocycles. The number of halogens is 1. The predicted molar refractivity (Wildman–Crippen MR) is 64.9 cm³/mol. The van der Waals surface area contributed by atoms with Crippen molar-refractivity contribution in [1.82, 2.24) is 0 Å². The van der Waals surface area contributed by atoms with Crippen LogP contribution in [0.4, 0.5) is 15.8 Å². The fourth-order valence-corrected chi connectivity index (χ4v) is 2.16. The molecule has 92 valence electrons. The maximum atomic E-state index is 13.3. The predicted octanol–water partition coefficient (Wildman–Crippen LogP) is 1.11. The molecular formula is C12H16FN3O. The Morgan fingerprint density at radius 3 is 2.88 bits per heavy atom. The van der Waals surface area contributed by atoms with Crippen molar-refractivity contribution in [2.75, 3.05) is 23.7 Å². The van der Waals surface area contributed by atoms with E-state index in [0.29, 0.717) is 6.54 Å². The van der Waals surface area contributed by atoms with Crippen LogP contribution >= 0.6 is 0 Å². The lowest BCUT2D eigenvalue weighted by Crippen LogP contribution is -2.41. The van der Waals surface area contributed by atoms with E-state index in [9.17, 15) is 9.18 Å². The van der Waals surface area contributed by atoms with Gasteiger partial charge in [0, 0.05) is 18.8 Å². The normalized spacial score (nSPS) is 20.3. The average Bonchev–Trinajstić information content (AvgIpc) is 2.33. The number of piperidine rings is 1. The number of nitrogens with two attached hydrogens (primary N) is 2. The van der Waals surface area contributed by atoms with E-state index in [0.717, 1.165) is 25.1 Å². The Morgan fingerprint density at radius 1 is 1.47 bits per heavy atom. The van der Waals surface area contributed by atoms with E-state index < -0.39 is 5.82 Å². The molecule has 1 saturated heterocycles. The van der Waals surface area contributed by atoms with E-state index in [1.807, 2.05) is 4.90 Å². The molecule has 0 aromatic heterocycles. The van der Waals surface area contributed by atoms with E-state index in [4.69, 9.17) is 11.5 Å². The van der Waals surface area contributed by atoms with E-state index >= 15 is 0 Å². The Morgan fingerprint density at radius 2 is 2.24 bits per heavy atom. The summed E-state index contributed by atoms with van der Waals surface area (Å²) in [6.07, 6.45) is 1.70. The number of carbonyl (C=O) groups is 1. The van der Waals surface area contributed by atoms with Gasteiger partial charge in [-0.1, -0.05) is 0 Å². The van der Waals surface area contributed by atoms with Crippen molar-refractivity contribution in [2.24, 2.45) is 11.7 Å². The molecule has 0 unspecified atom stereocenters. The third kappa shape index (κ3) is 2.49. The molecule has 1 fully saturated rings. The van der Waals surface area contributed by atoms with Gasteiger partial charge >= 0.3 is 0 Å². The lowest BCUT2D eigenvalue weighted by atomic mass is 9.97. The fourth-order valence-electron chi connectivity index (χ4n) is 2.16. The molecule has 0 saturated carbocycles. The highest BCUT2D eigenvalue weighted by molar-refractivity contribution is 5.77. The molecule has 0 radical (unpaired) electrons. The maximum absolute atomic E-state index is 13.3. The quantitative estimate of drug-likeness (QED) is 0.757. The van der Waals surface area contributed by atoms with E-state index in [1.165, 1.54) is 6.07 Å². The number of anilines is 2. The van der Waals surface area contributed by atoms with Crippen molar-refractivity contribution in [3.63, 3.8) is 0 Å². The van der Waals surface area contributed by atoms with Crippen LogP contribution in [0.2, 0.25) is 0 Å². The highest BCUT2D eigenvalue weighted by Gasteiger charge is 2.24. The molecule has 1 aliphatic heterocycles. The second kappa shape index (κ2) is 4.61. The summed E-state index contributed by atoms with van der Waals surface area (Å²) < 4.78 is 13.3. The van der Waals surface area contributed by atoms with Crippen LogP contribution in [0.25, 0.3) is 0 Å². The highest BCUT2D eigenvalue weighted by atomic mass is 19.1. The van der Waals surface area contributed by atoms with E-state index in [-0.39, 0.29) is 17.5 Å². The van der Waals surface area contributed by atoms with Gasteiger partial charge in [-0.25, -0.2) is 4.39 Å². The summed E-state index contributed by atoms with van der Waals surface area (Å²) in [4.78, 5) is 13.1. The van der Waals surface area contributed by atoms with Gasteiger partial charge < -0.3 is 16.4 Å². The first kappa shape index (κ1) is 11.7. The molecule has 1 aliphatic rings. The van der Waals surface area contributed by atoms with Crippen molar-refractivity contribution in [2.45, 2.75) is 12.8 Å². The average molecular weight is 237 g/mol. The molecule has 1 atom stereocenters. The van der Waals surface area contributed by atoms with Crippen LogP contribution in [0.5, 0.6) is 0 Å². The number of hydrogen-bond donors (Lipinski definition) is 2. The first-order valence-electron chi connectivity index (χ1n) is 5.67. The smallest absolute Gasteiger partial charge is 0.222 e. The van der Waals surface area contributed by atoms with Crippen LogP contribution in [0, 0.1) is 11.7 Å². The van der Waals surface area contributed by atoms with Crippen LogP contribution in [-0.4, -0.2) is 19.0 Å². The Bertz CT molecular complexity index is 436. The fraction of sp³-hybridized carbons (Fsp3) is 0.417. The van der Waals surface area contributed by atoms with Gasteiger partial charge in [-0.15, -0.1) is 0 Å². The molecule has 4 N–H and O–H groups in total. The number of benzene rings is 1. The molecule has 5 heteroatoms. The minimum absolute atomic E-state index is 0.136. The van der Waals surface area contributed by atoms with Crippen molar-refractivity contribution >= 4 is 17.3 Å². The molecule has 4 nitrogen and oxygen atoms in total. The summed E-state index contributed by atoms with van der Waals surface area (Å²) in [5.74, 6) is -0.862. The zero-order chi connectivity index (χ0) is 12.4. The van der Waals surface area contributed by atoms with Gasteiger partial charge in [0.05, 0.1) is 11.6 Å². The van der Waals surface area contributed by atoms with Crippen LogP contribution in [-0.2, 0) is 4.79 Å². The van der Waals surface area contributed by atoms with Crippen LogP contribution in [0.1, 0.15) is 12.8 Å². The molecule has 1 aromatic rings. The molecule has 1 amide bonds. The van der Waals surface area contributed by atoms with Gasteiger partial charge in [0.25, 0.3) is 0 Å². The van der Waals surface area contributed by atoms with Crippen molar-refractivity contribution in [3.8, 4) is 0 Å². The minimum Gasteiger partial charge on any atom is -0.396 e. The Balaban J connectivity index is 2.16. The summed E-state index contributed by atoms with van der Waals surface area (Å²) in [6, 6.07) is 4.71. The van der Waals surface area contributed by atoms with Crippen LogP contribution < -0.4 is 16.4 Å². The minimum atomic E-state index is -0.427. The summed E-state index contributed by atoms with van der Waals surface area (Å²) in [5, 5.41) is 0. The lowest BCUT2D eigenvalue weighted by Gasteiger charge is -2.33. The highest BCUT2D eigenvalue weighted by Crippen LogP contribution is 2.25. The third-order valence-electron chi connectivity index (χ3n) is 3.17. The largest absolute Gasteiger partial charge is 0.396 e. The number of carbonyl (C=O) groups excluding carboxylic acids is 1. The number of hydrogen-bond acceptors (Lipinski definition) is 3. The van der Waals surface area contributed by atoms with Gasteiger partial charge in [0.1, 0.15) is 5.82 Å². The Hall–Kier alpha value is -1.78. The summed E-state index contributed by atoms with van der Waals surface area (Å²) >= 11 is 0. The molecule has 0 bridgehead atoms. The van der Waals surface area contributed by atoms with Crippen molar-refractivity contribution in [3.05, 3.63) is 24.0 Å². The Kier molecular flexibility index (Phi) is 3.17. The van der Waals surface area contributed by atoms with Gasteiger partial charge in [-0.2, -0.15) is 0 Å². The van der Waals surface area contributed by atoms with Crippen molar-refractivity contribution < 1.29 is 9.18 Å². The molecular weight excluding hydrogens is 221 g/mol. The second-order valence-electron chi connectivity index (χ2n) is 4.39. The number of primary amides is 1. The van der Waals surface area contributed by atoms with Gasteiger partial charge in [-0.3, -0.25) is 4.79 Å². The third-order valence-corrected chi connectivity index (χ3v) is 3.17. The topological polar surface area (TPSA) is 72.4 Å². The van der Waals surface area contributed by atoms with Gasteiger partial charge in [-0.05, 0) is 31.0 Å². The molecule has 17 heavy (non-hydrogen) atoms. The monoisotopic (exact) mass is 237 g/mol. The first-order chi connectivity index (χ1) is 8.08. The van der Waals surface area contributed by atoms with Gasteiger partial charge in [0.2, 0.25) is 5.91 Å². The maximum Gasteiger partial charge on any atom is 0.222 e. The molecule has 0 spiro atoms. The van der Waals surface area contributed by atoms with Crippen molar-refractivity contribution in [1.29, 1.82) is 0 Å². The van der Waals surface area contributed by atoms with Gasteiger partial charge in [0.15, 0.2) is 0 Å². The summed E-state index contributed by atoms with van der Waals surface area (Å²) in [5.41, 5.74) is 11.6. The number of amides is 1. The zero-order valence-corrected chi connectivity index (χ0v) is 9.53. The standard InChI is InChI=1S/C12H16FN3O/c13-10-6-9(3-4-11(10)14)16-5-1-2-8(7-16)12(15)17/h3-4,6,8H,1-2,5,7,14H2,(H2,15,17)/t8-/m1/s1. The molecule has 0 aliphatic carbocycles. The number of nitrogens with zero attached hydrogens (tertiary/aromatic N) is 1.